The van der Waals surface area contributed by atoms with E-state index in [0.29, 0.717) is 5.41 Å². The monoisotopic (exact) mass is 225 g/mol. The fourth-order valence-corrected chi connectivity index (χ4v) is 1.92. The van der Waals surface area contributed by atoms with E-state index in [1.807, 2.05) is 18.2 Å². The summed E-state index contributed by atoms with van der Waals surface area (Å²) in [6, 6.07) is 7.95. The molecular formula is C12H16ClNO. The number of benzene rings is 1. The van der Waals surface area contributed by atoms with Crippen LogP contribution in [0.4, 0.5) is 0 Å². The van der Waals surface area contributed by atoms with Crippen molar-refractivity contribution in [2.45, 2.75) is 13.5 Å². The van der Waals surface area contributed by atoms with Gasteiger partial charge in [0.1, 0.15) is 0 Å². The standard InChI is InChI=1S/C12H16ClNO/c1-12(8-15-9-12)7-14-6-10-3-2-4-11(13)5-10/h2-5,14H,6-9H2,1H3. The van der Waals surface area contributed by atoms with Gasteiger partial charge in [-0.05, 0) is 17.7 Å². The highest BCUT2D eigenvalue weighted by molar-refractivity contribution is 6.30. The molecule has 1 aliphatic heterocycles. The Balaban J connectivity index is 1.78. The maximum absolute atomic E-state index is 5.90. The zero-order valence-electron chi connectivity index (χ0n) is 8.92. The van der Waals surface area contributed by atoms with Crippen molar-refractivity contribution in [3.05, 3.63) is 34.9 Å². The molecule has 0 radical (unpaired) electrons. The Morgan fingerprint density at radius 1 is 1.47 bits per heavy atom. The second-order valence-electron chi connectivity index (χ2n) is 4.54. The molecule has 1 aromatic rings. The Bertz CT molecular complexity index is 336. The molecule has 1 saturated heterocycles. The van der Waals surface area contributed by atoms with E-state index < -0.39 is 0 Å². The number of hydrogen-bond acceptors (Lipinski definition) is 2. The van der Waals surface area contributed by atoms with Crippen molar-refractivity contribution in [1.82, 2.24) is 5.32 Å². The zero-order valence-corrected chi connectivity index (χ0v) is 9.68. The van der Waals surface area contributed by atoms with E-state index in [4.69, 9.17) is 16.3 Å². The van der Waals surface area contributed by atoms with Crippen LogP contribution < -0.4 is 5.32 Å². The van der Waals surface area contributed by atoms with Crippen LogP contribution in [0.1, 0.15) is 12.5 Å². The molecule has 0 amide bonds. The van der Waals surface area contributed by atoms with Gasteiger partial charge in [0.15, 0.2) is 0 Å². The highest BCUT2D eigenvalue weighted by Crippen LogP contribution is 2.25. The third kappa shape index (κ3) is 2.94. The van der Waals surface area contributed by atoms with Gasteiger partial charge in [0, 0.05) is 23.5 Å². The fraction of sp³-hybridized carbons (Fsp3) is 0.500. The van der Waals surface area contributed by atoms with Gasteiger partial charge < -0.3 is 10.1 Å². The summed E-state index contributed by atoms with van der Waals surface area (Å²) in [7, 11) is 0. The number of halogens is 1. The van der Waals surface area contributed by atoms with Crippen LogP contribution in [0.15, 0.2) is 24.3 Å². The zero-order chi connectivity index (χ0) is 10.7. The van der Waals surface area contributed by atoms with E-state index >= 15 is 0 Å². The van der Waals surface area contributed by atoms with Crippen molar-refractivity contribution >= 4 is 11.6 Å². The van der Waals surface area contributed by atoms with E-state index in [9.17, 15) is 0 Å². The quantitative estimate of drug-likeness (QED) is 0.850. The number of nitrogens with one attached hydrogen (secondary N) is 1. The normalized spacial score (nSPS) is 18.5. The molecule has 0 aliphatic carbocycles. The molecule has 0 atom stereocenters. The summed E-state index contributed by atoms with van der Waals surface area (Å²) in [6.45, 7) is 5.85. The van der Waals surface area contributed by atoms with Crippen LogP contribution in [0.5, 0.6) is 0 Å². The minimum absolute atomic E-state index is 0.332. The van der Waals surface area contributed by atoms with Gasteiger partial charge in [-0.3, -0.25) is 0 Å². The second kappa shape index (κ2) is 4.52. The molecule has 0 saturated carbocycles. The van der Waals surface area contributed by atoms with Gasteiger partial charge in [0.25, 0.3) is 0 Å². The predicted octanol–water partition coefficient (Wildman–Crippen LogP) is 2.47. The molecule has 1 N–H and O–H groups in total. The molecule has 82 valence electrons. The predicted molar refractivity (Wildman–Crippen MR) is 62.1 cm³/mol. The lowest BCUT2D eigenvalue weighted by atomic mass is 9.89. The van der Waals surface area contributed by atoms with Crippen LogP contribution in [-0.4, -0.2) is 19.8 Å². The Morgan fingerprint density at radius 3 is 2.87 bits per heavy atom. The molecule has 0 spiro atoms. The molecule has 3 heteroatoms. The van der Waals surface area contributed by atoms with Crippen molar-refractivity contribution in [2.75, 3.05) is 19.8 Å². The topological polar surface area (TPSA) is 21.3 Å². The van der Waals surface area contributed by atoms with Crippen LogP contribution in [0, 0.1) is 5.41 Å². The first-order valence-electron chi connectivity index (χ1n) is 5.21. The Kier molecular flexibility index (Phi) is 3.29. The smallest absolute Gasteiger partial charge is 0.0554 e. The van der Waals surface area contributed by atoms with Crippen LogP contribution in [0.2, 0.25) is 5.02 Å². The van der Waals surface area contributed by atoms with Crippen molar-refractivity contribution < 1.29 is 4.74 Å². The minimum atomic E-state index is 0.332. The lowest BCUT2D eigenvalue weighted by Crippen LogP contribution is -2.47. The van der Waals surface area contributed by atoms with Crippen LogP contribution in [0.3, 0.4) is 0 Å². The highest BCUT2D eigenvalue weighted by Gasteiger charge is 2.32. The third-order valence-electron chi connectivity index (χ3n) is 2.67. The van der Waals surface area contributed by atoms with E-state index in [2.05, 4.69) is 18.3 Å². The average molecular weight is 226 g/mol. The van der Waals surface area contributed by atoms with E-state index in [0.717, 1.165) is 31.3 Å². The third-order valence-corrected chi connectivity index (χ3v) is 2.91. The fourth-order valence-electron chi connectivity index (χ4n) is 1.71. The van der Waals surface area contributed by atoms with Gasteiger partial charge in [-0.1, -0.05) is 30.7 Å². The number of hydrogen-bond donors (Lipinski definition) is 1. The van der Waals surface area contributed by atoms with Crippen LogP contribution in [0.25, 0.3) is 0 Å². The van der Waals surface area contributed by atoms with Gasteiger partial charge in [0.05, 0.1) is 13.2 Å². The molecule has 1 aromatic carbocycles. The molecule has 1 heterocycles. The van der Waals surface area contributed by atoms with Gasteiger partial charge in [-0.2, -0.15) is 0 Å². The maximum atomic E-state index is 5.90. The van der Waals surface area contributed by atoms with Gasteiger partial charge in [-0.25, -0.2) is 0 Å². The lowest BCUT2D eigenvalue weighted by Gasteiger charge is -2.38. The number of rotatable bonds is 4. The summed E-state index contributed by atoms with van der Waals surface area (Å²) in [5.41, 5.74) is 1.56. The Morgan fingerprint density at radius 2 is 2.27 bits per heavy atom. The molecule has 2 nitrogen and oxygen atoms in total. The maximum Gasteiger partial charge on any atom is 0.0554 e. The SMILES string of the molecule is CC1(CNCc2cccc(Cl)c2)COC1. The van der Waals surface area contributed by atoms with Crippen molar-refractivity contribution in [3.8, 4) is 0 Å². The molecule has 15 heavy (non-hydrogen) atoms. The molecular weight excluding hydrogens is 210 g/mol. The highest BCUT2D eigenvalue weighted by atomic mass is 35.5. The number of ether oxygens (including phenoxy) is 1. The van der Waals surface area contributed by atoms with Crippen LogP contribution in [-0.2, 0) is 11.3 Å². The second-order valence-corrected chi connectivity index (χ2v) is 4.97. The summed E-state index contributed by atoms with van der Waals surface area (Å²) in [5.74, 6) is 0. The minimum Gasteiger partial charge on any atom is -0.380 e. The van der Waals surface area contributed by atoms with Gasteiger partial charge >= 0.3 is 0 Å². The van der Waals surface area contributed by atoms with E-state index in [1.165, 1.54) is 5.56 Å². The molecule has 1 fully saturated rings. The largest absolute Gasteiger partial charge is 0.380 e. The molecule has 0 aromatic heterocycles. The first kappa shape index (κ1) is 10.9. The Labute approximate surface area is 95.6 Å². The van der Waals surface area contributed by atoms with Crippen molar-refractivity contribution in [1.29, 1.82) is 0 Å². The Hall–Kier alpha value is -0.570. The average Bonchev–Trinajstić information content (AvgIpc) is 2.15. The molecule has 0 unspecified atom stereocenters. The van der Waals surface area contributed by atoms with Crippen molar-refractivity contribution in [3.63, 3.8) is 0 Å². The van der Waals surface area contributed by atoms with E-state index in [-0.39, 0.29) is 0 Å². The summed E-state index contributed by atoms with van der Waals surface area (Å²) in [6.07, 6.45) is 0. The summed E-state index contributed by atoms with van der Waals surface area (Å²) >= 11 is 5.90. The first-order chi connectivity index (χ1) is 7.18. The van der Waals surface area contributed by atoms with Gasteiger partial charge in [-0.15, -0.1) is 0 Å². The molecule has 0 bridgehead atoms. The summed E-state index contributed by atoms with van der Waals surface area (Å²) in [4.78, 5) is 0. The summed E-state index contributed by atoms with van der Waals surface area (Å²) in [5, 5.41) is 4.23. The van der Waals surface area contributed by atoms with Crippen LogP contribution >= 0.6 is 11.6 Å². The molecule has 1 aliphatic rings. The first-order valence-corrected chi connectivity index (χ1v) is 5.59. The molecule has 2 rings (SSSR count). The van der Waals surface area contributed by atoms with E-state index in [1.54, 1.807) is 0 Å². The lowest BCUT2D eigenvalue weighted by molar-refractivity contribution is -0.0991. The summed E-state index contributed by atoms with van der Waals surface area (Å²) < 4.78 is 5.20. The van der Waals surface area contributed by atoms with Crippen molar-refractivity contribution in [2.24, 2.45) is 5.41 Å². The van der Waals surface area contributed by atoms with Gasteiger partial charge in [0.2, 0.25) is 0 Å².